The molecule has 0 spiro atoms. The van der Waals surface area contributed by atoms with Crippen LogP contribution in [-0.2, 0) is 15.1 Å². The number of esters is 1. The molecule has 2 aromatic carbocycles. The lowest BCUT2D eigenvalue weighted by Gasteiger charge is -2.40. The number of carbonyl (C=O) groups excluding carboxylic acids is 1. The Balaban J connectivity index is 2.61. The van der Waals surface area contributed by atoms with Crippen LogP contribution in [0.4, 0.5) is 0 Å². The number of ether oxygens (including phenoxy) is 1. The van der Waals surface area contributed by atoms with E-state index in [0.29, 0.717) is 6.61 Å². The molecule has 0 amide bonds. The fraction of sp³-hybridized carbons (Fsp3) is 0.333. The standard InChI is InChI=1S/C21H24N2O2/c1-4-25-20(24)15-19(17-11-7-5-8-12-17)21(16-22,23(2)3)18-13-9-6-10-14-18/h5-14,19H,4,15H2,1-3H3/t19-,21+/m0/s1. The minimum Gasteiger partial charge on any atom is -0.466 e. The fourth-order valence-corrected chi connectivity index (χ4v) is 3.28. The maximum absolute atomic E-state index is 12.3. The van der Waals surface area contributed by atoms with Gasteiger partial charge in [-0.05, 0) is 32.1 Å². The van der Waals surface area contributed by atoms with Crippen molar-refractivity contribution in [3.63, 3.8) is 0 Å². The minimum absolute atomic E-state index is 0.137. The second-order valence-electron chi connectivity index (χ2n) is 6.11. The van der Waals surface area contributed by atoms with E-state index in [1.807, 2.05) is 79.7 Å². The van der Waals surface area contributed by atoms with Gasteiger partial charge in [-0.25, -0.2) is 0 Å². The molecular formula is C21H24N2O2. The van der Waals surface area contributed by atoms with Gasteiger partial charge in [-0.2, -0.15) is 5.26 Å². The zero-order valence-electron chi connectivity index (χ0n) is 15.0. The first-order chi connectivity index (χ1) is 12.1. The third-order valence-corrected chi connectivity index (χ3v) is 4.47. The van der Waals surface area contributed by atoms with Gasteiger partial charge in [0.05, 0.1) is 19.1 Å². The van der Waals surface area contributed by atoms with Crippen LogP contribution in [0, 0.1) is 11.3 Å². The third kappa shape index (κ3) is 3.89. The maximum atomic E-state index is 12.3. The monoisotopic (exact) mass is 336 g/mol. The summed E-state index contributed by atoms with van der Waals surface area (Å²) in [5, 5.41) is 10.2. The minimum atomic E-state index is -0.977. The molecule has 0 saturated carbocycles. The fourth-order valence-electron chi connectivity index (χ4n) is 3.28. The lowest BCUT2D eigenvalue weighted by atomic mass is 9.73. The van der Waals surface area contributed by atoms with E-state index in [1.54, 1.807) is 6.92 Å². The van der Waals surface area contributed by atoms with Crippen LogP contribution in [0.1, 0.15) is 30.4 Å². The Labute approximate surface area is 149 Å². The largest absolute Gasteiger partial charge is 0.466 e. The molecule has 0 aliphatic rings. The molecule has 0 saturated heterocycles. The number of nitriles is 1. The van der Waals surface area contributed by atoms with E-state index in [9.17, 15) is 10.1 Å². The highest BCUT2D eigenvalue weighted by Gasteiger charge is 2.45. The molecule has 0 aliphatic heterocycles. The van der Waals surface area contributed by atoms with Crippen LogP contribution in [0.15, 0.2) is 60.7 Å². The number of nitrogens with zero attached hydrogens (tertiary/aromatic N) is 2. The predicted molar refractivity (Wildman–Crippen MR) is 97.9 cm³/mol. The van der Waals surface area contributed by atoms with Gasteiger partial charge in [0.1, 0.15) is 5.54 Å². The van der Waals surface area contributed by atoms with Crippen molar-refractivity contribution in [3.8, 4) is 6.07 Å². The molecule has 0 unspecified atom stereocenters. The molecule has 0 aliphatic carbocycles. The molecule has 0 aromatic heterocycles. The molecular weight excluding hydrogens is 312 g/mol. The van der Waals surface area contributed by atoms with Crippen LogP contribution < -0.4 is 0 Å². The molecule has 2 rings (SSSR count). The zero-order valence-corrected chi connectivity index (χ0v) is 15.0. The topological polar surface area (TPSA) is 53.3 Å². The summed E-state index contributed by atoms with van der Waals surface area (Å²) in [6.07, 6.45) is 0.137. The predicted octanol–water partition coefficient (Wildman–Crippen LogP) is 3.70. The van der Waals surface area contributed by atoms with Crippen molar-refractivity contribution in [1.29, 1.82) is 5.26 Å². The normalized spacial score (nSPS) is 14.4. The highest BCUT2D eigenvalue weighted by molar-refractivity contribution is 5.71. The summed E-state index contributed by atoms with van der Waals surface area (Å²) < 4.78 is 5.18. The second kappa shape index (κ2) is 8.46. The van der Waals surface area contributed by atoms with E-state index in [4.69, 9.17) is 4.74 Å². The van der Waals surface area contributed by atoms with Gasteiger partial charge < -0.3 is 4.74 Å². The van der Waals surface area contributed by atoms with Gasteiger partial charge in [-0.1, -0.05) is 60.7 Å². The smallest absolute Gasteiger partial charge is 0.306 e. The molecule has 0 N–H and O–H groups in total. The highest BCUT2D eigenvalue weighted by atomic mass is 16.5. The summed E-state index contributed by atoms with van der Waals surface area (Å²) >= 11 is 0. The van der Waals surface area contributed by atoms with E-state index in [2.05, 4.69) is 6.07 Å². The first kappa shape index (κ1) is 18.7. The first-order valence-corrected chi connectivity index (χ1v) is 8.41. The van der Waals surface area contributed by atoms with Crippen LogP contribution >= 0.6 is 0 Å². The number of carbonyl (C=O) groups is 1. The molecule has 130 valence electrons. The molecule has 0 fully saturated rings. The van der Waals surface area contributed by atoms with Crippen molar-refractivity contribution in [2.45, 2.75) is 24.8 Å². The van der Waals surface area contributed by atoms with Gasteiger partial charge in [-0.3, -0.25) is 9.69 Å². The van der Waals surface area contributed by atoms with Gasteiger partial charge in [-0.15, -0.1) is 0 Å². The summed E-state index contributed by atoms with van der Waals surface area (Å²) in [5.74, 6) is -0.649. The lowest BCUT2D eigenvalue weighted by molar-refractivity contribution is -0.144. The summed E-state index contributed by atoms with van der Waals surface area (Å²) in [6, 6.07) is 21.8. The number of likely N-dealkylation sites (N-methyl/N-ethyl adjacent to an activating group) is 1. The molecule has 0 heterocycles. The number of rotatable bonds is 7. The summed E-state index contributed by atoms with van der Waals surface area (Å²) in [7, 11) is 3.74. The summed E-state index contributed by atoms with van der Waals surface area (Å²) in [5.41, 5.74) is 0.824. The Morgan fingerprint density at radius 1 is 1.12 bits per heavy atom. The van der Waals surface area contributed by atoms with Crippen molar-refractivity contribution < 1.29 is 9.53 Å². The molecule has 2 aromatic rings. The molecule has 4 nitrogen and oxygen atoms in total. The van der Waals surface area contributed by atoms with E-state index in [1.165, 1.54) is 0 Å². The molecule has 0 bridgehead atoms. The molecule has 25 heavy (non-hydrogen) atoms. The second-order valence-corrected chi connectivity index (χ2v) is 6.11. The van der Waals surface area contributed by atoms with Crippen LogP contribution in [0.3, 0.4) is 0 Å². The van der Waals surface area contributed by atoms with E-state index >= 15 is 0 Å². The Kier molecular flexibility index (Phi) is 6.32. The average molecular weight is 336 g/mol. The average Bonchev–Trinajstić information content (AvgIpc) is 2.63. The van der Waals surface area contributed by atoms with E-state index < -0.39 is 5.54 Å². The van der Waals surface area contributed by atoms with Crippen LogP contribution in [-0.4, -0.2) is 31.6 Å². The van der Waals surface area contributed by atoms with Crippen molar-refractivity contribution in [1.82, 2.24) is 4.90 Å². The van der Waals surface area contributed by atoms with Crippen molar-refractivity contribution in [3.05, 3.63) is 71.8 Å². The van der Waals surface area contributed by atoms with Gasteiger partial charge in [0, 0.05) is 5.92 Å². The number of hydrogen-bond donors (Lipinski definition) is 0. The quantitative estimate of drug-likeness (QED) is 0.723. The van der Waals surface area contributed by atoms with Crippen molar-refractivity contribution >= 4 is 5.97 Å². The molecule has 4 heteroatoms. The number of benzene rings is 2. The van der Waals surface area contributed by atoms with Crippen molar-refractivity contribution in [2.75, 3.05) is 20.7 Å². The van der Waals surface area contributed by atoms with Crippen molar-refractivity contribution in [2.24, 2.45) is 0 Å². The molecule has 2 atom stereocenters. The third-order valence-electron chi connectivity index (χ3n) is 4.47. The Morgan fingerprint density at radius 3 is 2.16 bits per heavy atom. The van der Waals surface area contributed by atoms with Crippen LogP contribution in [0.25, 0.3) is 0 Å². The lowest BCUT2D eigenvalue weighted by Crippen LogP contribution is -2.46. The maximum Gasteiger partial charge on any atom is 0.306 e. The zero-order chi connectivity index (χ0) is 18.3. The SMILES string of the molecule is CCOC(=O)C[C@@H](c1ccccc1)[C@@](C#N)(c1ccccc1)N(C)C. The van der Waals surface area contributed by atoms with E-state index in [0.717, 1.165) is 11.1 Å². The van der Waals surface area contributed by atoms with Gasteiger partial charge in [0.2, 0.25) is 0 Å². The number of hydrogen-bond acceptors (Lipinski definition) is 4. The van der Waals surface area contributed by atoms with Gasteiger partial charge in [0.15, 0.2) is 0 Å². The van der Waals surface area contributed by atoms with E-state index in [-0.39, 0.29) is 18.3 Å². The van der Waals surface area contributed by atoms with Crippen LogP contribution in [0.5, 0.6) is 0 Å². The van der Waals surface area contributed by atoms with Crippen LogP contribution in [0.2, 0.25) is 0 Å². The first-order valence-electron chi connectivity index (χ1n) is 8.41. The summed E-state index contributed by atoms with van der Waals surface area (Å²) in [4.78, 5) is 14.2. The summed E-state index contributed by atoms with van der Waals surface area (Å²) in [6.45, 7) is 2.11. The molecule has 0 radical (unpaired) electrons. The highest BCUT2D eigenvalue weighted by Crippen LogP contribution is 2.42. The Hall–Kier alpha value is -2.64. The Bertz CT molecular complexity index is 723. The Morgan fingerprint density at radius 2 is 1.68 bits per heavy atom. The van der Waals surface area contributed by atoms with Gasteiger partial charge >= 0.3 is 5.97 Å². The van der Waals surface area contributed by atoms with Gasteiger partial charge in [0.25, 0.3) is 0 Å².